The summed E-state index contributed by atoms with van der Waals surface area (Å²) in [5, 5.41) is 6.44. The van der Waals surface area contributed by atoms with Gasteiger partial charge in [0, 0.05) is 18.6 Å². The molecule has 1 heterocycles. The zero-order chi connectivity index (χ0) is 13.5. The van der Waals surface area contributed by atoms with Crippen molar-refractivity contribution < 1.29 is 4.79 Å². The van der Waals surface area contributed by atoms with E-state index in [0.29, 0.717) is 18.6 Å². The van der Waals surface area contributed by atoms with Gasteiger partial charge in [0.05, 0.1) is 6.54 Å². The van der Waals surface area contributed by atoms with E-state index in [0.717, 1.165) is 19.4 Å². The quantitative estimate of drug-likeness (QED) is 0.767. The highest BCUT2D eigenvalue weighted by Crippen LogP contribution is 2.17. The Morgan fingerprint density at radius 1 is 1.16 bits per heavy atom. The number of carbonyl (C=O) groups is 1. The smallest absolute Gasteiger partial charge is 0.234 e. The number of carbonyl (C=O) groups excluding carboxylic acids is 1. The molecule has 2 rings (SSSR count). The zero-order valence-corrected chi connectivity index (χ0v) is 12.3. The summed E-state index contributed by atoms with van der Waals surface area (Å²) >= 11 is 0. The summed E-state index contributed by atoms with van der Waals surface area (Å²) in [6.07, 6.45) is 8.84. The SMILES string of the molecule is CC(CNCC(=O)NC1CCCCC1)N1CCCC1. The number of nitrogens with one attached hydrogen (secondary N) is 2. The van der Waals surface area contributed by atoms with Crippen molar-refractivity contribution in [3.05, 3.63) is 0 Å². The van der Waals surface area contributed by atoms with E-state index in [1.54, 1.807) is 0 Å². The minimum absolute atomic E-state index is 0.167. The average molecular weight is 267 g/mol. The Morgan fingerprint density at radius 2 is 1.84 bits per heavy atom. The molecular formula is C15H29N3O. The highest BCUT2D eigenvalue weighted by Gasteiger charge is 2.18. The number of amides is 1. The molecule has 1 aliphatic carbocycles. The Kier molecular flexibility index (Phi) is 6.11. The number of rotatable bonds is 6. The Morgan fingerprint density at radius 3 is 2.53 bits per heavy atom. The third kappa shape index (κ3) is 5.11. The van der Waals surface area contributed by atoms with Crippen LogP contribution in [0.3, 0.4) is 0 Å². The van der Waals surface area contributed by atoms with Gasteiger partial charge in [0.1, 0.15) is 0 Å². The van der Waals surface area contributed by atoms with Gasteiger partial charge >= 0.3 is 0 Å². The predicted octanol–water partition coefficient (Wildman–Crippen LogP) is 1.51. The molecule has 0 bridgehead atoms. The fourth-order valence-electron chi connectivity index (χ4n) is 3.23. The van der Waals surface area contributed by atoms with Gasteiger partial charge in [0.15, 0.2) is 0 Å². The number of hydrogen-bond acceptors (Lipinski definition) is 3. The van der Waals surface area contributed by atoms with E-state index in [-0.39, 0.29) is 5.91 Å². The molecule has 1 saturated carbocycles. The van der Waals surface area contributed by atoms with Crippen LogP contribution in [0.5, 0.6) is 0 Å². The van der Waals surface area contributed by atoms with Crippen LogP contribution in [0.2, 0.25) is 0 Å². The Hall–Kier alpha value is -0.610. The summed E-state index contributed by atoms with van der Waals surface area (Å²) in [5.41, 5.74) is 0. The van der Waals surface area contributed by atoms with Gasteiger partial charge in [-0.05, 0) is 45.7 Å². The van der Waals surface area contributed by atoms with Gasteiger partial charge in [-0.3, -0.25) is 9.69 Å². The molecule has 19 heavy (non-hydrogen) atoms. The lowest BCUT2D eigenvalue weighted by Crippen LogP contribution is -2.44. The number of nitrogens with zero attached hydrogens (tertiary/aromatic N) is 1. The molecular weight excluding hydrogens is 238 g/mol. The second-order valence-electron chi connectivity index (χ2n) is 6.13. The molecule has 0 aromatic rings. The first-order valence-electron chi connectivity index (χ1n) is 8.00. The van der Waals surface area contributed by atoms with Gasteiger partial charge in [-0.2, -0.15) is 0 Å². The molecule has 0 radical (unpaired) electrons. The molecule has 0 aromatic carbocycles. The van der Waals surface area contributed by atoms with Crippen LogP contribution in [0, 0.1) is 0 Å². The van der Waals surface area contributed by atoms with Crippen molar-refractivity contribution in [1.29, 1.82) is 0 Å². The maximum Gasteiger partial charge on any atom is 0.234 e. The van der Waals surface area contributed by atoms with Gasteiger partial charge in [0.25, 0.3) is 0 Å². The summed E-state index contributed by atoms with van der Waals surface area (Å²) in [4.78, 5) is 14.3. The van der Waals surface area contributed by atoms with Crippen LogP contribution >= 0.6 is 0 Å². The van der Waals surface area contributed by atoms with Crippen molar-refractivity contribution in [2.75, 3.05) is 26.2 Å². The zero-order valence-electron chi connectivity index (χ0n) is 12.3. The third-order valence-electron chi connectivity index (χ3n) is 4.46. The second kappa shape index (κ2) is 7.85. The summed E-state index contributed by atoms with van der Waals surface area (Å²) in [5.74, 6) is 0.167. The lowest BCUT2D eigenvalue weighted by atomic mass is 9.95. The Balaban J connectivity index is 1.55. The summed E-state index contributed by atoms with van der Waals surface area (Å²) < 4.78 is 0. The van der Waals surface area contributed by atoms with Gasteiger partial charge < -0.3 is 10.6 Å². The van der Waals surface area contributed by atoms with E-state index in [4.69, 9.17) is 0 Å². The normalized spacial score (nSPS) is 23.4. The van der Waals surface area contributed by atoms with E-state index >= 15 is 0 Å². The van der Waals surface area contributed by atoms with Crippen molar-refractivity contribution >= 4 is 5.91 Å². The lowest BCUT2D eigenvalue weighted by molar-refractivity contribution is -0.121. The van der Waals surface area contributed by atoms with E-state index in [9.17, 15) is 4.79 Å². The van der Waals surface area contributed by atoms with E-state index in [2.05, 4.69) is 22.5 Å². The maximum absolute atomic E-state index is 11.8. The summed E-state index contributed by atoms with van der Waals surface area (Å²) in [6, 6.07) is 0.976. The summed E-state index contributed by atoms with van der Waals surface area (Å²) in [7, 11) is 0. The molecule has 1 unspecified atom stereocenters. The first-order valence-corrected chi connectivity index (χ1v) is 8.00. The van der Waals surface area contributed by atoms with Crippen molar-refractivity contribution in [2.45, 2.75) is 64.0 Å². The van der Waals surface area contributed by atoms with Gasteiger partial charge in [-0.15, -0.1) is 0 Å². The van der Waals surface area contributed by atoms with Crippen LogP contribution in [0.25, 0.3) is 0 Å². The lowest BCUT2D eigenvalue weighted by Gasteiger charge is -2.25. The van der Waals surface area contributed by atoms with Crippen LogP contribution in [0.15, 0.2) is 0 Å². The second-order valence-corrected chi connectivity index (χ2v) is 6.13. The third-order valence-corrected chi connectivity index (χ3v) is 4.46. The molecule has 2 N–H and O–H groups in total. The molecule has 4 nitrogen and oxygen atoms in total. The van der Waals surface area contributed by atoms with Gasteiger partial charge in [-0.25, -0.2) is 0 Å². The molecule has 0 spiro atoms. The van der Waals surface area contributed by atoms with Crippen LogP contribution in [0.4, 0.5) is 0 Å². The summed E-state index contributed by atoms with van der Waals surface area (Å²) in [6.45, 7) is 6.07. The predicted molar refractivity (Wildman–Crippen MR) is 78.2 cm³/mol. The molecule has 1 aliphatic heterocycles. The van der Waals surface area contributed by atoms with Crippen molar-refractivity contribution in [1.82, 2.24) is 15.5 Å². The van der Waals surface area contributed by atoms with Gasteiger partial charge in [0.2, 0.25) is 5.91 Å². The van der Waals surface area contributed by atoms with Crippen molar-refractivity contribution in [3.8, 4) is 0 Å². The number of hydrogen-bond donors (Lipinski definition) is 2. The van der Waals surface area contributed by atoms with Crippen LogP contribution in [-0.2, 0) is 4.79 Å². The largest absolute Gasteiger partial charge is 0.352 e. The highest BCUT2D eigenvalue weighted by molar-refractivity contribution is 5.78. The molecule has 110 valence electrons. The maximum atomic E-state index is 11.8. The molecule has 4 heteroatoms. The fraction of sp³-hybridized carbons (Fsp3) is 0.933. The molecule has 2 aliphatic rings. The van der Waals surface area contributed by atoms with Crippen LogP contribution < -0.4 is 10.6 Å². The van der Waals surface area contributed by atoms with E-state index in [1.807, 2.05) is 0 Å². The highest BCUT2D eigenvalue weighted by atomic mass is 16.1. The van der Waals surface area contributed by atoms with Gasteiger partial charge in [-0.1, -0.05) is 19.3 Å². The topological polar surface area (TPSA) is 44.4 Å². The van der Waals surface area contributed by atoms with Crippen LogP contribution in [0.1, 0.15) is 51.9 Å². The molecule has 1 atom stereocenters. The minimum Gasteiger partial charge on any atom is -0.352 e. The van der Waals surface area contributed by atoms with Crippen molar-refractivity contribution in [2.24, 2.45) is 0 Å². The molecule has 0 aromatic heterocycles. The molecule has 2 fully saturated rings. The first-order chi connectivity index (χ1) is 9.25. The fourth-order valence-corrected chi connectivity index (χ4v) is 3.23. The van der Waals surface area contributed by atoms with Crippen LogP contribution in [-0.4, -0.2) is 49.1 Å². The van der Waals surface area contributed by atoms with E-state index < -0.39 is 0 Å². The molecule has 1 amide bonds. The first kappa shape index (κ1) is 14.8. The average Bonchev–Trinajstić information content (AvgIpc) is 2.93. The minimum atomic E-state index is 0.167. The Labute approximate surface area is 117 Å². The standard InChI is InChI=1S/C15H29N3O/c1-13(18-9-5-6-10-18)11-16-12-15(19)17-14-7-3-2-4-8-14/h13-14,16H,2-12H2,1H3,(H,17,19). The van der Waals surface area contributed by atoms with Crippen molar-refractivity contribution in [3.63, 3.8) is 0 Å². The molecule has 1 saturated heterocycles. The Bertz CT molecular complexity index is 271. The number of likely N-dealkylation sites (tertiary alicyclic amines) is 1. The van der Waals surface area contributed by atoms with E-state index in [1.165, 1.54) is 45.2 Å². The monoisotopic (exact) mass is 267 g/mol.